The zero-order chi connectivity index (χ0) is 13.1. The van der Waals surface area contributed by atoms with Crippen LogP contribution in [0.1, 0.15) is 31.4 Å². The summed E-state index contributed by atoms with van der Waals surface area (Å²) in [7, 11) is 1.67. The van der Waals surface area contributed by atoms with E-state index < -0.39 is 0 Å². The Kier molecular flexibility index (Phi) is 3.90. The summed E-state index contributed by atoms with van der Waals surface area (Å²) in [4.78, 5) is 14.0. The first-order chi connectivity index (χ1) is 8.60. The first-order valence-corrected chi connectivity index (χ1v) is 6.53. The van der Waals surface area contributed by atoms with E-state index in [0.29, 0.717) is 12.3 Å². The molecule has 1 amide bonds. The van der Waals surface area contributed by atoms with Crippen molar-refractivity contribution < 1.29 is 9.53 Å². The normalized spacial score (nSPS) is 14.6. The molecule has 1 heterocycles. The summed E-state index contributed by atoms with van der Waals surface area (Å²) in [6.45, 7) is 5.72. The van der Waals surface area contributed by atoms with E-state index in [0.717, 1.165) is 25.3 Å². The maximum atomic E-state index is 12.1. The Morgan fingerprint density at radius 3 is 2.83 bits per heavy atom. The van der Waals surface area contributed by atoms with E-state index in [-0.39, 0.29) is 5.91 Å². The summed E-state index contributed by atoms with van der Waals surface area (Å²) in [5.41, 5.74) is 2.56. The molecule has 1 aromatic carbocycles. The van der Waals surface area contributed by atoms with Crippen LogP contribution in [0.4, 0.5) is 0 Å². The van der Waals surface area contributed by atoms with Crippen molar-refractivity contribution in [2.24, 2.45) is 5.92 Å². The van der Waals surface area contributed by atoms with Gasteiger partial charge in [0.1, 0.15) is 5.75 Å². The Labute approximate surface area is 109 Å². The highest BCUT2D eigenvalue weighted by Crippen LogP contribution is 2.24. The van der Waals surface area contributed by atoms with Crippen LogP contribution in [0.3, 0.4) is 0 Å². The van der Waals surface area contributed by atoms with Crippen LogP contribution < -0.4 is 4.74 Å². The zero-order valence-corrected chi connectivity index (χ0v) is 11.4. The van der Waals surface area contributed by atoms with Crippen molar-refractivity contribution >= 4 is 5.91 Å². The minimum absolute atomic E-state index is 0.262. The maximum absolute atomic E-state index is 12.1. The highest BCUT2D eigenvalue weighted by molar-refractivity contribution is 5.76. The molecule has 2 rings (SSSR count). The molecule has 0 spiro atoms. The SMILES string of the molecule is COc1ccc2c(c1)CN(C(=O)CC(C)C)CC2. The predicted molar refractivity (Wildman–Crippen MR) is 71.6 cm³/mol. The van der Waals surface area contributed by atoms with Crippen LogP contribution in [-0.2, 0) is 17.8 Å². The van der Waals surface area contributed by atoms with Crippen LogP contribution in [0.2, 0.25) is 0 Å². The second kappa shape index (κ2) is 5.42. The lowest BCUT2D eigenvalue weighted by atomic mass is 9.98. The number of nitrogens with zero attached hydrogens (tertiary/aromatic N) is 1. The van der Waals surface area contributed by atoms with Gasteiger partial charge in [0.25, 0.3) is 0 Å². The highest BCUT2D eigenvalue weighted by Gasteiger charge is 2.21. The van der Waals surface area contributed by atoms with Crippen molar-refractivity contribution in [2.75, 3.05) is 13.7 Å². The zero-order valence-electron chi connectivity index (χ0n) is 11.4. The molecule has 0 saturated carbocycles. The summed E-state index contributed by atoms with van der Waals surface area (Å²) in [5, 5.41) is 0. The molecule has 3 heteroatoms. The van der Waals surface area contributed by atoms with E-state index in [1.165, 1.54) is 11.1 Å². The minimum Gasteiger partial charge on any atom is -0.497 e. The minimum atomic E-state index is 0.262. The molecule has 0 aliphatic carbocycles. The van der Waals surface area contributed by atoms with E-state index in [2.05, 4.69) is 19.9 Å². The lowest BCUT2D eigenvalue weighted by Gasteiger charge is -2.29. The van der Waals surface area contributed by atoms with Gasteiger partial charge in [-0.15, -0.1) is 0 Å². The first kappa shape index (κ1) is 12.9. The molecule has 1 aromatic rings. The van der Waals surface area contributed by atoms with E-state index in [9.17, 15) is 4.79 Å². The molecule has 1 aliphatic heterocycles. The van der Waals surface area contributed by atoms with Gasteiger partial charge in [-0.2, -0.15) is 0 Å². The van der Waals surface area contributed by atoms with Crippen LogP contribution in [0, 0.1) is 5.92 Å². The number of methoxy groups -OCH3 is 1. The number of carbonyl (C=O) groups excluding carboxylic acids is 1. The van der Waals surface area contributed by atoms with Gasteiger partial charge >= 0.3 is 0 Å². The summed E-state index contributed by atoms with van der Waals surface area (Å²) in [5.74, 6) is 1.55. The first-order valence-electron chi connectivity index (χ1n) is 6.53. The average Bonchev–Trinajstić information content (AvgIpc) is 2.36. The highest BCUT2D eigenvalue weighted by atomic mass is 16.5. The summed E-state index contributed by atoms with van der Waals surface area (Å²) >= 11 is 0. The average molecular weight is 247 g/mol. The molecule has 0 saturated heterocycles. The summed E-state index contributed by atoms with van der Waals surface area (Å²) < 4.78 is 5.24. The summed E-state index contributed by atoms with van der Waals surface area (Å²) in [6, 6.07) is 6.15. The molecule has 98 valence electrons. The molecule has 0 unspecified atom stereocenters. The van der Waals surface area contributed by atoms with E-state index in [1.807, 2.05) is 17.0 Å². The van der Waals surface area contributed by atoms with Gasteiger partial charge in [-0.3, -0.25) is 4.79 Å². The molecule has 3 nitrogen and oxygen atoms in total. The van der Waals surface area contributed by atoms with Gasteiger partial charge in [-0.05, 0) is 35.6 Å². The molecule has 0 fully saturated rings. The largest absolute Gasteiger partial charge is 0.497 e. The smallest absolute Gasteiger partial charge is 0.223 e. The van der Waals surface area contributed by atoms with E-state index >= 15 is 0 Å². The number of ether oxygens (including phenoxy) is 1. The van der Waals surface area contributed by atoms with Crippen molar-refractivity contribution in [2.45, 2.75) is 33.2 Å². The van der Waals surface area contributed by atoms with Gasteiger partial charge < -0.3 is 9.64 Å². The number of amides is 1. The fourth-order valence-corrected chi connectivity index (χ4v) is 2.35. The summed E-state index contributed by atoms with van der Waals surface area (Å²) in [6.07, 6.45) is 1.59. The van der Waals surface area contributed by atoms with Gasteiger partial charge in [0.15, 0.2) is 0 Å². The third-order valence-electron chi connectivity index (χ3n) is 3.36. The number of hydrogen-bond acceptors (Lipinski definition) is 2. The Balaban J connectivity index is 2.11. The molecule has 1 aliphatic rings. The number of carbonyl (C=O) groups is 1. The fourth-order valence-electron chi connectivity index (χ4n) is 2.35. The van der Waals surface area contributed by atoms with Crippen molar-refractivity contribution in [3.05, 3.63) is 29.3 Å². The van der Waals surface area contributed by atoms with Crippen LogP contribution in [0.25, 0.3) is 0 Å². The molecule has 0 N–H and O–H groups in total. The van der Waals surface area contributed by atoms with Crippen LogP contribution in [0.5, 0.6) is 5.75 Å². The molecule has 18 heavy (non-hydrogen) atoms. The lowest BCUT2D eigenvalue weighted by molar-refractivity contribution is -0.132. The van der Waals surface area contributed by atoms with Gasteiger partial charge in [0.05, 0.1) is 7.11 Å². The lowest BCUT2D eigenvalue weighted by Crippen LogP contribution is -2.36. The van der Waals surface area contributed by atoms with Crippen LogP contribution in [-0.4, -0.2) is 24.5 Å². The van der Waals surface area contributed by atoms with Gasteiger partial charge in [-0.25, -0.2) is 0 Å². The number of hydrogen-bond donors (Lipinski definition) is 0. The van der Waals surface area contributed by atoms with Crippen molar-refractivity contribution in [3.63, 3.8) is 0 Å². The third kappa shape index (κ3) is 2.84. The Hall–Kier alpha value is -1.51. The molecular weight excluding hydrogens is 226 g/mol. The second-order valence-electron chi connectivity index (χ2n) is 5.30. The van der Waals surface area contributed by atoms with Crippen molar-refractivity contribution in [3.8, 4) is 5.75 Å². The number of fused-ring (bicyclic) bond motifs is 1. The van der Waals surface area contributed by atoms with E-state index in [1.54, 1.807) is 7.11 Å². The molecule has 0 atom stereocenters. The number of benzene rings is 1. The topological polar surface area (TPSA) is 29.5 Å². The van der Waals surface area contributed by atoms with Gasteiger partial charge in [0, 0.05) is 19.5 Å². The Morgan fingerprint density at radius 2 is 2.17 bits per heavy atom. The second-order valence-corrected chi connectivity index (χ2v) is 5.30. The van der Waals surface area contributed by atoms with E-state index in [4.69, 9.17) is 4.74 Å². The van der Waals surface area contributed by atoms with Crippen LogP contribution in [0.15, 0.2) is 18.2 Å². The monoisotopic (exact) mass is 247 g/mol. The van der Waals surface area contributed by atoms with Crippen LogP contribution >= 0.6 is 0 Å². The molecule has 0 bridgehead atoms. The molecular formula is C15H21NO2. The predicted octanol–water partition coefficient (Wildman–Crippen LogP) is 2.63. The maximum Gasteiger partial charge on any atom is 0.223 e. The Morgan fingerprint density at radius 1 is 1.39 bits per heavy atom. The standard InChI is InChI=1S/C15H21NO2/c1-11(2)8-15(17)16-7-6-12-4-5-14(18-3)9-13(12)10-16/h4-5,9,11H,6-8,10H2,1-3H3. The molecule has 0 radical (unpaired) electrons. The third-order valence-corrected chi connectivity index (χ3v) is 3.36. The number of rotatable bonds is 3. The Bertz CT molecular complexity index is 440. The van der Waals surface area contributed by atoms with Crippen molar-refractivity contribution in [1.29, 1.82) is 0 Å². The van der Waals surface area contributed by atoms with Crippen molar-refractivity contribution in [1.82, 2.24) is 4.90 Å². The quantitative estimate of drug-likeness (QED) is 0.821. The van der Waals surface area contributed by atoms with Gasteiger partial charge in [-0.1, -0.05) is 19.9 Å². The fraction of sp³-hybridized carbons (Fsp3) is 0.533. The molecule has 0 aromatic heterocycles. The van der Waals surface area contributed by atoms with Gasteiger partial charge in [0.2, 0.25) is 5.91 Å².